The number of tetrazole rings is 1. The third-order valence-corrected chi connectivity index (χ3v) is 5.30. The van der Waals surface area contributed by atoms with Gasteiger partial charge < -0.3 is 9.84 Å². The molecule has 5 rings (SSSR count). The van der Waals surface area contributed by atoms with Crippen LogP contribution in [0.3, 0.4) is 0 Å². The van der Waals surface area contributed by atoms with Crippen molar-refractivity contribution in [2.45, 2.75) is 18.3 Å². The van der Waals surface area contributed by atoms with Gasteiger partial charge in [0.15, 0.2) is 5.76 Å². The van der Waals surface area contributed by atoms with Crippen LogP contribution in [-0.2, 0) is 10.2 Å². The van der Waals surface area contributed by atoms with E-state index >= 15 is 0 Å². The quantitative estimate of drug-likeness (QED) is 0.543. The van der Waals surface area contributed by atoms with Crippen LogP contribution in [0.2, 0.25) is 5.02 Å². The lowest BCUT2D eigenvalue weighted by molar-refractivity contribution is -0.118. The van der Waals surface area contributed by atoms with E-state index in [1.54, 1.807) is 16.8 Å². The topological polar surface area (TPSA) is 98.7 Å². The molecule has 4 aromatic rings. The van der Waals surface area contributed by atoms with Crippen molar-refractivity contribution in [1.29, 1.82) is 0 Å². The van der Waals surface area contributed by atoms with E-state index in [0.29, 0.717) is 22.2 Å². The molecule has 8 nitrogen and oxygen atoms in total. The Morgan fingerprint density at radius 1 is 1.10 bits per heavy atom. The molecule has 1 amide bonds. The van der Waals surface area contributed by atoms with Gasteiger partial charge >= 0.3 is 0 Å². The third-order valence-electron chi connectivity index (χ3n) is 5.05. The molecule has 9 heteroatoms. The fourth-order valence-electron chi connectivity index (χ4n) is 3.20. The Labute approximate surface area is 170 Å². The minimum Gasteiger partial charge on any atom is -0.356 e. The normalized spacial score (nSPS) is 14.5. The summed E-state index contributed by atoms with van der Waals surface area (Å²) in [4.78, 5) is 13.0. The molecular formula is C20H15ClN6O2. The van der Waals surface area contributed by atoms with Crippen LogP contribution >= 0.6 is 11.6 Å². The molecule has 0 saturated heterocycles. The summed E-state index contributed by atoms with van der Waals surface area (Å²) in [7, 11) is 0. The molecule has 0 spiro atoms. The lowest BCUT2D eigenvalue weighted by Gasteiger charge is -2.12. The Morgan fingerprint density at radius 2 is 1.86 bits per heavy atom. The first-order chi connectivity index (χ1) is 14.1. The average Bonchev–Trinajstić information content (AvgIpc) is 3.15. The number of rotatable bonds is 5. The van der Waals surface area contributed by atoms with Gasteiger partial charge in [0, 0.05) is 22.3 Å². The van der Waals surface area contributed by atoms with E-state index in [2.05, 4.69) is 26.0 Å². The Kier molecular flexibility index (Phi) is 4.13. The van der Waals surface area contributed by atoms with E-state index in [-0.39, 0.29) is 5.91 Å². The summed E-state index contributed by atoms with van der Waals surface area (Å²) in [5.41, 5.74) is 2.36. The van der Waals surface area contributed by atoms with Crippen molar-refractivity contribution in [1.82, 2.24) is 25.4 Å². The van der Waals surface area contributed by atoms with Gasteiger partial charge in [-0.25, -0.2) is 4.68 Å². The highest BCUT2D eigenvalue weighted by Gasteiger charge is 2.53. The van der Waals surface area contributed by atoms with E-state index in [1.807, 2.05) is 42.5 Å². The molecule has 0 unspecified atom stereocenters. The van der Waals surface area contributed by atoms with Gasteiger partial charge in [0.2, 0.25) is 5.91 Å². The molecule has 2 heterocycles. The van der Waals surface area contributed by atoms with E-state index in [0.717, 1.165) is 24.1 Å². The molecule has 0 bridgehead atoms. The molecule has 1 fully saturated rings. The molecule has 2 aromatic carbocycles. The molecule has 0 aliphatic heterocycles. The summed E-state index contributed by atoms with van der Waals surface area (Å²) >= 11 is 5.93. The highest BCUT2D eigenvalue weighted by molar-refractivity contribution is 6.30. The second-order valence-corrected chi connectivity index (χ2v) is 7.36. The minimum atomic E-state index is -0.650. The lowest BCUT2D eigenvalue weighted by Crippen LogP contribution is -2.28. The van der Waals surface area contributed by atoms with Crippen molar-refractivity contribution in [2.75, 3.05) is 5.32 Å². The zero-order valence-corrected chi connectivity index (χ0v) is 15.9. The standard InChI is InChI=1S/C20H15ClN6O2/c21-14-3-1-13(2-4-14)17-11-18(24-29-17)20(9-10-20)19(28)23-15-5-7-16(8-6-15)27-12-22-25-26-27/h1-8,11-12H,9-10H2,(H,23,28). The van der Waals surface area contributed by atoms with Crippen LogP contribution in [0, 0.1) is 0 Å². The van der Waals surface area contributed by atoms with Gasteiger partial charge in [-0.15, -0.1) is 5.10 Å². The number of benzene rings is 2. The van der Waals surface area contributed by atoms with Crippen molar-refractivity contribution in [2.24, 2.45) is 0 Å². The van der Waals surface area contributed by atoms with E-state index in [1.165, 1.54) is 6.33 Å². The number of nitrogens with one attached hydrogen (secondary N) is 1. The summed E-state index contributed by atoms with van der Waals surface area (Å²) in [6.45, 7) is 0. The molecule has 1 saturated carbocycles. The summed E-state index contributed by atoms with van der Waals surface area (Å²) < 4.78 is 7.02. The highest BCUT2D eigenvalue weighted by Crippen LogP contribution is 2.49. The van der Waals surface area contributed by atoms with Crippen LogP contribution in [0.1, 0.15) is 18.5 Å². The number of nitrogens with zero attached hydrogens (tertiary/aromatic N) is 5. The maximum absolute atomic E-state index is 13.0. The smallest absolute Gasteiger partial charge is 0.236 e. The molecule has 0 atom stereocenters. The zero-order valence-electron chi connectivity index (χ0n) is 15.1. The molecule has 2 aromatic heterocycles. The first kappa shape index (κ1) is 17.6. The summed E-state index contributed by atoms with van der Waals surface area (Å²) in [5.74, 6) is 0.519. The second-order valence-electron chi connectivity index (χ2n) is 6.92. The van der Waals surface area contributed by atoms with Gasteiger partial charge in [0.25, 0.3) is 0 Å². The van der Waals surface area contributed by atoms with Gasteiger partial charge in [-0.2, -0.15) is 0 Å². The van der Waals surface area contributed by atoms with Gasteiger partial charge in [-0.1, -0.05) is 16.8 Å². The summed E-state index contributed by atoms with van der Waals surface area (Å²) in [5, 5.41) is 18.9. The second kappa shape index (κ2) is 6.82. The number of hydrogen-bond acceptors (Lipinski definition) is 6. The first-order valence-corrected chi connectivity index (χ1v) is 9.40. The van der Waals surface area contributed by atoms with Crippen molar-refractivity contribution in [3.05, 3.63) is 71.6 Å². The number of carbonyl (C=O) groups excluding carboxylic acids is 1. The Morgan fingerprint density at radius 3 is 2.52 bits per heavy atom. The lowest BCUT2D eigenvalue weighted by atomic mass is 10.00. The van der Waals surface area contributed by atoms with Crippen molar-refractivity contribution in [3.8, 4) is 17.0 Å². The van der Waals surface area contributed by atoms with Crippen LogP contribution in [0.15, 0.2) is 65.4 Å². The predicted octanol–water partition coefficient (Wildman–Crippen LogP) is 3.64. The molecule has 1 aliphatic carbocycles. The SMILES string of the molecule is O=C(Nc1ccc(-n2cnnn2)cc1)C1(c2cc(-c3ccc(Cl)cc3)on2)CC1. The van der Waals surface area contributed by atoms with Crippen LogP contribution in [0.25, 0.3) is 17.0 Å². The fraction of sp³-hybridized carbons (Fsp3) is 0.150. The van der Waals surface area contributed by atoms with Crippen molar-refractivity contribution in [3.63, 3.8) is 0 Å². The van der Waals surface area contributed by atoms with Crippen LogP contribution in [0.4, 0.5) is 5.69 Å². The first-order valence-electron chi connectivity index (χ1n) is 9.02. The van der Waals surface area contributed by atoms with Crippen LogP contribution < -0.4 is 5.32 Å². The van der Waals surface area contributed by atoms with Crippen molar-refractivity contribution < 1.29 is 9.32 Å². The predicted molar refractivity (Wildman–Crippen MR) is 106 cm³/mol. The summed E-state index contributed by atoms with van der Waals surface area (Å²) in [6.07, 6.45) is 2.97. The monoisotopic (exact) mass is 406 g/mol. The average molecular weight is 407 g/mol. The maximum Gasteiger partial charge on any atom is 0.236 e. The maximum atomic E-state index is 13.0. The highest BCUT2D eigenvalue weighted by atomic mass is 35.5. The number of anilines is 1. The number of carbonyl (C=O) groups is 1. The van der Waals surface area contributed by atoms with Gasteiger partial charge in [-0.3, -0.25) is 4.79 Å². The summed E-state index contributed by atoms with van der Waals surface area (Å²) in [6, 6.07) is 16.4. The Hall–Kier alpha value is -3.52. The minimum absolute atomic E-state index is 0.0939. The van der Waals surface area contributed by atoms with E-state index in [9.17, 15) is 4.79 Å². The Bertz CT molecular complexity index is 1150. The molecule has 144 valence electrons. The largest absolute Gasteiger partial charge is 0.356 e. The van der Waals surface area contributed by atoms with Gasteiger partial charge in [0.1, 0.15) is 6.33 Å². The van der Waals surface area contributed by atoms with Crippen LogP contribution in [0.5, 0.6) is 0 Å². The number of halogens is 1. The molecule has 0 radical (unpaired) electrons. The molecule has 29 heavy (non-hydrogen) atoms. The van der Waals surface area contributed by atoms with Gasteiger partial charge in [0.05, 0.1) is 16.8 Å². The number of amides is 1. The van der Waals surface area contributed by atoms with Crippen molar-refractivity contribution >= 4 is 23.2 Å². The van der Waals surface area contributed by atoms with Crippen LogP contribution in [-0.4, -0.2) is 31.3 Å². The third kappa shape index (κ3) is 3.27. The molecule has 1 N–H and O–H groups in total. The molecule has 1 aliphatic rings. The van der Waals surface area contributed by atoms with E-state index in [4.69, 9.17) is 16.1 Å². The molecular weight excluding hydrogens is 392 g/mol. The zero-order chi connectivity index (χ0) is 19.8. The number of hydrogen-bond donors (Lipinski definition) is 1. The van der Waals surface area contributed by atoms with E-state index < -0.39 is 5.41 Å². The van der Waals surface area contributed by atoms with Gasteiger partial charge in [-0.05, 0) is 71.8 Å². The fourth-order valence-corrected chi connectivity index (χ4v) is 3.33. The Balaban J connectivity index is 1.33. The number of aromatic nitrogens is 5.